The highest BCUT2D eigenvalue weighted by molar-refractivity contribution is 9.09. The van der Waals surface area contributed by atoms with Crippen molar-refractivity contribution in [3.05, 3.63) is 64.7 Å². The van der Waals surface area contributed by atoms with Crippen LogP contribution in [-0.2, 0) is 4.79 Å². The monoisotopic (exact) mass is 351 g/mol. The number of hydrogen-bond donors (Lipinski definition) is 1. The molecule has 0 aliphatic rings. The normalized spacial score (nSPS) is 10.1. The first-order valence-corrected chi connectivity index (χ1v) is 7.37. The number of nitrogens with one attached hydrogen (secondary N) is 1. The first-order chi connectivity index (χ1) is 9.63. The van der Waals surface area contributed by atoms with E-state index in [4.69, 9.17) is 11.6 Å². The van der Waals surface area contributed by atoms with Crippen LogP contribution in [0.15, 0.2) is 48.5 Å². The molecule has 0 fully saturated rings. The lowest BCUT2D eigenvalue weighted by Gasteiger charge is -2.10. The van der Waals surface area contributed by atoms with Gasteiger partial charge in [0.25, 0.3) is 0 Å². The van der Waals surface area contributed by atoms with E-state index in [9.17, 15) is 9.59 Å². The minimum absolute atomic E-state index is 0.168. The minimum atomic E-state index is -0.221. The molecule has 1 amide bonds. The Morgan fingerprint density at radius 1 is 1.00 bits per heavy atom. The minimum Gasteiger partial charge on any atom is -0.325 e. The second-order valence-corrected chi connectivity index (χ2v) is 5.00. The Morgan fingerprint density at radius 3 is 2.25 bits per heavy atom. The second kappa shape index (κ2) is 6.68. The van der Waals surface area contributed by atoms with Crippen molar-refractivity contribution in [2.45, 2.75) is 0 Å². The standard InChI is InChI=1S/C15H11BrClNO2/c16-9-14(19)18-13-8-4-2-6-11(13)15(20)10-5-1-3-7-12(10)17/h1-8H,9H2,(H,18,19). The van der Waals surface area contributed by atoms with E-state index in [0.29, 0.717) is 21.8 Å². The van der Waals surface area contributed by atoms with Gasteiger partial charge in [-0.3, -0.25) is 9.59 Å². The van der Waals surface area contributed by atoms with Gasteiger partial charge in [-0.25, -0.2) is 0 Å². The summed E-state index contributed by atoms with van der Waals surface area (Å²) in [6, 6.07) is 13.7. The van der Waals surface area contributed by atoms with Gasteiger partial charge < -0.3 is 5.32 Å². The molecule has 2 rings (SSSR count). The number of amides is 1. The zero-order valence-electron chi connectivity index (χ0n) is 10.4. The molecular weight excluding hydrogens is 342 g/mol. The number of para-hydroxylation sites is 1. The lowest BCUT2D eigenvalue weighted by molar-refractivity contribution is -0.113. The zero-order valence-corrected chi connectivity index (χ0v) is 12.7. The first kappa shape index (κ1) is 14.8. The van der Waals surface area contributed by atoms with E-state index < -0.39 is 0 Å². The fourth-order valence-electron chi connectivity index (χ4n) is 1.76. The summed E-state index contributed by atoms with van der Waals surface area (Å²) < 4.78 is 0. The van der Waals surface area contributed by atoms with Gasteiger partial charge in [0.1, 0.15) is 0 Å². The molecule has 0 spiro atoms. The van der Waals surface area contributed by atoms with Gasteiger partial charge >= 0.3 is 0 Å². The van der Waals surface area contributed by atoms with E-state index in [1.807, 2.05) is 0 Å². The molecule has 0 aliphatic heterocycles. The molecule has 0 aromatic heterocycles. The van der Waals surface area contributed by atoms with Gasteiger partial charge in [-0.15, -0.1) is 0 Å². The summed E-state index contributed by atoms with van der Waals surface area (Å²) in [4.78, 5) is 24.0. The average Bonchev–Trinajstić information content (AvgIpc) is 2.47. The molecule has 0 saturated heterocycles. The highest BCUT2D eigenvalue weighted by Gasteiger charge is 2.16. The molecule has 2 aromatic carbocycles. The van der Waals surface area contributed by atoms with Crippen molar-refractivity contribution in [2.75, 3.05) is 10.6 Å². The molecule has 0 aliphatic carbocycles. The topological polar surface area (TPSA) is 46.2 Å². The molecule has 3 nitrogen and oxygen atoms in total. The number of alkyl halides is 1. The Bertz CT molecular complexity index is 658. The smallest absolute Gasteiger partial charge is 0.235 e. The molecule has 1 N–H and O–H groups in total. The summed E-state index contributed by atoms with van der Waals surface area (Å²) in [5.74, 6) is -0.439. The van der Waals surface area contributed by atoms with Crippen molar-refractivity contribution in [3.8, 4) is 0 Å². The molecule has 20 heavy (non-hydrogen) atoms. The number of hydrogen-bond acceptors (Lipinski definition) is 2. The molecule has 0 heterocycles. The number of carbonyl (C=O) groups excluding carboxylic acids is 2. The third-order valence-electron chi connectivity index (χ3n) is 2.69. The molecule has 0 unspecified atom stereocenters. The number of carbonyl (C=O) groups is 2. The van der Waals surface area contributed by atoms with Crippen molar-refractivity contribution in [3.63, 3.8) is 0 Å². The Morgan fingerprint density at radius 2 is 1.60 bits per heavy atom. The molecule has 0 radical (unpaired) electrons. The van der Waals surface area contributed by atoms with E-state index >= 15 is 0 Å². The lowest BCUT2D eigenvalue weighted by Crippen LogP contribution is -2.15. The van der Waals surface area contributed by atoms with Gasteiger partial charge in [-0.05, 0) is 24.3 Å². The Kier molecular flexibility index (Phi) is 4.93. The van der Waals surface area contributed by atoms with Crippen LogP contribution in [-0.4, -0.2) is 17.0 Å². The Labute approximate surface area is 130 Å². The summed E-state index contributed by atoms with van der Waals surface area (Å²) in [5.41, 5.74) is 1.30. The summed E-state index contributed by atoms with van der Waals surface area (Å²) in [7, 11) is 0. The van der Waals surface area contributed by atoms with Gasteiger partial charge in [0.2, 0.25) is 5.91 Å². The van der Waals surface area contributed by atoms with Crippen LogP contribution < -0.4 is 5.32 Å². The van der Waals surface area contributed by atoms with Gasteiger partial charge in [-0.2, -0.15) is 0 Å². The second-order valence-electron chi connectivity index (χ2n) is 4.04. The highest BCUT2D eigenvalue weighted by Crippen LogP contribution is 2.23. The van der Waals surface area contributed by atoms with E-state index in [1.165, 1.54) is 0 Å². The van der Waals surface area contributed by atoms with Gasteiger partial charge in [0, 0.05) is 11.1 Å². The highest BCUT2D eigenvalue weighted by atomic mass is 79.9. The van der Waals surface area contributed by atoms with Gasteiger partial charge in [0.05, 0.1) is 16.0 Å². The van der Waals surface area contributed by atoms with Gasteiger partial charge in [-0.1, -0.05) is 51.8 Å². The van der Waals surface area contributed by atoms with E-state index in [2.05, 4.69) is 21.2 Å². The van der Waals surface area contributed by atoms with Crippen LogP contribution in [0.3, 0.4) is 0 Å². The van der Waals surface area contributed by atoms with Crippen LogP contribution in [0.1, 0.15) is 15.9 Å². The fraction of sp³-hybridized carbons (Fsp3) is 0.0667. The van der Waals surface area contributed by atoms with Crippen molar-refractivity contribution in [1.29, 1.82) is 0 Å². The van der Waals surface area contributed by atoms with Crippen molar-refractivity contribution < 1.29 is 9.59 Å². The summed E-state index contributed by atoms with van der Waals surface area (Å²) >= 11 is 9.11. The number of benzene rings is 2. The van der Waals surface area contributed by atoms with Crippen molar-refractivity contribution in [2.24, 2.45) is 0 Å². The molecule has 102 valence electrons. The van der Waals surface area contributed by atoms with E-state index in [1.54, 1.807) is 48.5 Å². The van der Waals surface area contributed by atoms with Crippen LogP contribution in [0.4, 0.5) is 5.69 Å². The molecule has 0 saturated carbocycles. The van der Waals surface area contributed by atoms with Crippen molar-refractivity contribution in [1.82, 2.24) is 0 Å². The predicted molar refractivity (Wildman–Crippen MR) is 83.8 cm³/mol. The SMILES string of the molecule is O=C(CBr)Nc1ccccc1C(=O)c1ccccc1Cl. The molecule has 0 bridgehead atoms. The number of rotatable bonds is 4. The van der Waals surface area contributed by atoms with Crippen LogP contribution in [0, 0.1) is 0 Å². The fourth-order valence-corrected chi connectivity index (χ4v) is 2.13. The summed E-state index contributed by atoms with van der Waals surface area (Å²) in [5, 5.41) is 3.24. The lowest BCUT2D eigenvalue weighted by atomic mass is 10.0. The number of halogens is 2. The number of ketones is 1. The molecular formula is C15H11BrClNO2. The van der Waals surface area contributed by atoms with Crippen LogP contribution in [0.2, 0.25) is 5.02 Å². The van der Waals surface area contributed by atoms with Crippen LogP contribution in [0.5, 0.6) is 0 Å². The maximum atomic E-state index is 12.5. The third-order valence-corrected chi connectivity index (χ3v) is 3.52. The summed E-state index contributed by atoms with van der Waals surface area (Å²) in [6.45, 7) is 0. The quantitative estimate of drug-likeness (QED) is 0.670. The molecule has 5 heteroatoms. The van der Waals surface area contributed by atoms with Crippen molar-refractivity contribution >= 4 is 44.9 Å². The van der Waals surface area contributed by atoms with E-state index in [-0.39, 0.29) is 17.0 Å². The Hall–Kier alpha value is -1.65. The molecule has 0 atom stereocenters. The predicted octanol–water partition coefficient (Wildman–Crippen LogP) is 3.90. The van der Waals surface area contributed by atoms with E-state index in [0.717, 1.165) is 0 Å². The largest absolute Gasteiger partial charge is 0.325 e. The molecule has 2 aromatic rings. The van der Waals surface area contributed by atoms with Crippen LogP contribution >= 0.6 is 27.5 Å². The van der Waals surface area contributed by atoms with Gasteiger partial charge in [0.15, 0.2) is 5.78 Å². The Balaban J connectivity index is 2.40. The summed E-state index contributed by atoms with van der Waals surface area (Å²) in [6.07, 6.45) is 0. The maximum absolute atomic E-state index is 12.5. The maximum Gasteiger partial charge on any atom is 0.235 e. The first-order valence-electron chi connectivity index (χ1n) is 5.87. The average molecular weight is 353 g/mol. The number of anilines is 1. The third kappa shape index (κ3) is 3.26. The van der Waals surface area contributed by atoms with Crippen LogP contribution in [0.25, 0.3) is 0 Å². The zero-order chi connectivity index (χ0) is 14.5.